The van der Waals surface area contributed by atoms with Crippen molar-refractivity contribution in [2.75, 3.05) is 6.54 Å². The fourth-order valence-corrected chi connectivity index (χ4v) is 1.95. The fourth-order valence-electron chi connectivity index (χ4n) is 1.95. The topological polar surface area (TPSA) is 64.9 Å². The van der Waals surface area contributed by atoms with Gasteiger partial charge in [-0.1, -0.05) is 0 Å². The highest BCUT2D eigenvalue weighted by Crippen LogP contribution is 2.18. The van der Waals surface area contributed by atoms with Gasteiger partial charge in [0.2, 0.25) is 5.91 Å². The van der Waals surface area contributed by atoms with Crippen LogP contribution in [-0.4, -0.2) is 18.5 Å². The van der Waals surface area contributed by atoms with Crippen LogP contribution in [0, 0.1) is 17.1 Å². The number of nitrogens with one attached hydrogen (secondary N) is 2. The van der Waals surface area contributed by atoms with E-state index < -0.39 is 5.82 Å². The molecule has 2 N–H and O–H groups in total. The van der Waals surface area contributed by atoms with Crippen LogP contribution in [0.2, 0.25) is 0 Å². The Morgan fingerprint density at radius 3 is 2.90 bits per heavy atom. The smallest absolute Gasteiger partial charge is 0.220 e. The maximum atomic E-state index is 13.2. The quantitative estimate of drug-likeness (QED) is 0.746. The van der Waals surface area contributed by atoms with Gasteiger partial charge in [0.1, 0.15) is 5.82 Å². The number of hydrogen-bond acceptors (Lipinski definition) is 3. The lowest BCUT2D eigenvalue weighted by Gasteiger charge is -2.06. The number of hydrogen-bond donors (Lipinski definition) is 2. The van der Waals surface area contributed by atoms with Gasteiger partial charge in [-0.05, 0) is 49.6 Å². The van der Waals surface area contributed by atoms with Crippen molar-refractivity contribution in [3.63, 3.8) is 0 Å². The third-order valence-electron chi connectivity index (χ3n) is 3.12. The Labute approximate surface area is 118 Å². The Kier molecular flexibility index (Phi) is 5.08. The number of rotatable bonds is 7. The van der Waals surface area contributed by atoms with Crippen LogP contribution in [0.15, 0.2) is 18.2 Å². The van der Waals surface area contributed by atoms with E-state index in [1.54, 1.807) is 6.07 Å². The predicted molar refractivity (Wildman–Crippen MR) is 73.2 cm³/mol. The summed E-state index contributed by atoms with van der Waals surface area (Å²) in [7, 11) is 0. The summed E-state index contributed by atoms with van der Waals surface area (Å²) in [5.74, 6) is -0.295. The third kappa shape index (κ3) is 4.98. The van der Waals surface area contributed by atoms with Crippen molar-refractivity contribution >= 4 is 5.91 Å². The third-order valence-corrected chi connectivity index (χ3v) is 3.12. The van der Waals surface area contributed by atoms with Crippen LogP contribution in [0.4, 0.5) is 4.39 Å². The van der Waals surface area contributed by atoms with Crippen LogP contribution in [0.1, 0.15) is 36.8 Å². The number of nitrogens with zero attached hydrogens (tertiary/aromatic N) is 1. The Bertz CT molecular complexity index is 520. The summed E-state index contributed by atoms with van der Waals surface area (Å²) in [6.45, 7) is 1.19. The van der Waals surface area contributed by atoms with Crippen LogP contribution < -0.4 is 10.6 Å². The Hall–Kier alpha value is -1.93. The van der Waals surface area contributed by atoms with Crippen molar-refractivity contribution in [3.8, 4) is 6.07 Å². The molecule has 0 atom stereocenters. The van der Waals surface area contributed by atoms with Gasteiger partial charge in [-0.2, -0.15) is 5.26 Å². The zero-order chi connectivity index (χ0) is 14.4. The van der Waals surface area contributed by atoms with E-state index in [1.807, 2.05) is 6.07 Å². The van der Waals surface area contributed by atoms with Crippen molar-refractivity contribution in [1.82, 2.24) is 10.6 Å². The second-order valence-corrected chi connectivity index (χ2v) is 5.08. The SMILES string of the molecule is N#Cc1cc(F)cc(CNCCCC(=O)NC2CC2)c1. The van der Waals surface area contributed by atoms with Gasteiger partial charge in [-0.15, -0.1) is 0 Å². The van der Waals surface area contributed by atoms with E-state index in [-0.39, 0.29) is 5.91 Å². The van der Waals surface area contributed by atoms with E-state index >= 15 is 0 Å². The van der Waals surface area contributed by atoms with Crippen LogP contribution in [0.5, 0.6) is 0 Å². The molecule has 1 aliphatic rings. The second-order valence-electron chi connectivity index (χ2n) is 5.08. The van der Waals surface area contributed by atoms with E-state index in [0.717, 1.165) is 24.8 Å². The van der Waals surface area contributed by atoms with Gasteiger partial charge in [0, 0.05) is 19.0 Å². The number of benzene rings is 1. The van der Waals surface area contributed by atoms with Crippen molar-refractivity contribution in [2.45, 2.75) is 38.3 Å². The molecule has 0 spiro atoms. The summed E-state index contributed by atoms with van der Waals surface area (Å²) in [5.41, 5.74) is 1.06. The van der Waals surface area contributed by atoms with Crippen molar-refractivity contribution < 1.29 is 9.18 Å². The van der Waals surface area contributed by atoms with Crippen molar-refractivity contribution in [1.29, 1.82) is 5.26 Å². The summed E-state index contributed by atoms with van der Waals surface area (Å²) in [4.78, 5) is 11.4. The van der Waals surface area contributed by atoms with E-state index in [9.17, 15) is 9.18 Å². The molecule has 2 rings (SSSR count). The molecule has 1 fully saturated rings. The van der Waals surface area contributed by atoms with Gasteiger partial charge in [0.25, 0.3) is 0 Å². The molecule has 1 aromatic rings. The lowest BCUT2D eigenvalue weighted by atomic mass is 10.1. The van der Waals surface area contributed by atoms with Gasteiger partial charge in [-0.25, -0.2) is 4.39 Å². The molecule has 1 aliphatic carbocycles. The minimum atomic E-state index is -0.398. The first-order valence-electron chi connectivity index (χ1n) is 6.87. The normalized spacial score (nSPS) is 13.8. The Morgan fingerprint density at radius 1 is 1.40 bits per heavy atom. The molecular formula is C15H18FN3O. The van der Waals surface area contributed by atoms with E-state index in [1.165, 1.54) is 12.1 Å². The van der Waals surface area contributed by atoms with Gasteiger partial charge >= 0.3 is 0 Å². The molecule has 0 bridgehead atoms. The first-order chi connectivity index (χ1) is 9.67. The van der Waals surface area contributed by atoms with Gasteiger partial charge < -0.3 is 10.6 Å². The minimum Gasteiger partial charge on any atom is -0.353 e. The molecule has 1 saturated carbocycles. The van der Waals surface area contributed by atoms with Gasteiger partial charge in [0.05, 0.1) is 11.6 Å². The summed E-state index contributed by atoms with van der Waals surface area (Å²) < 4.78 is 13.2. The molecule has 20 heavy (non-hydrogen) atoms. The largest absolute Gasteiger partial charge is 0.353 e. The zero-order valence-electron chi connectivity index (χ0n) is 11.3. The molecule has 0 unspecified atom stereocenters. The maximum Gasteiger partial charge on any atom is 0.220 e. The molecule has 1 aromatic carbocycles. The lowest BCUT2D eigenvalue weighted by molar-refractivity contribution is -0.121. The van der Waals surface area contributed by atoms with Crippen molar-refractivity contribution in [3.05, 3.63) is 35.1 Å². The minimum absolute atomic E-state index is 0.104. The summed E-state index contributed by atoms with van der Waals surface area (Å²) in [6.07, 6.45) is 3.46. The molecule has 0 aliphatic heterocycles. The second kappa shape index (κ2) is 7.01. The predicted octanol–water partition coefficient (Wildman–Crippen LogP) is 1.85. The molecule has 4 nitrogen and oxygen atoms in total. The molecule has 1 amide bonds. The molecule has 0 radical (unpaired) electrons. The number of halogens is 1. The number of carbonyl (C=O) groups is 1. The highest BCUT2D eigenvalue weighted by Gasteiger charge is 2.22. The lowest BCUT2D eigenvalue weighted by Crippen LogP contribution is -2.26. The average Bonchev–Trinajstić information content (AvgIpc) is 3.21. The molecule has 0 saturated heterocycles. The monoisotopic (exact) mass is 275 g/mol. The van der Waals surface area contributed by atoms with E-state index in [4.69, 9.17) is 5.26 Å². The van der Waals surface area contributed by atoms with E-state index in [2.05, 4.69) is 10.6 Å². The van der Waals surface area contributed by atoms with Gasteiger partial charge in [0.15, 0.2) is 0 Å². The van der Waals surface area contributed by atoms with Crippen LogP contribution in [0.25, 0.3) is 0 Å². The standard InChI is InChI=1S/C15H18FN3O/c16-13-7-11(9-17)6-12(8-13)10-18-5-1-2-15(20)19-14-3-4-14/h6-8,14,18H,1-5,10H2,(H,19,20). The summed E-state index contributed by atoms with van der Waals surface area (Å²) in [5, 5.41) is 14.8. The highest BCUT2D eigenvalue weighted by atomic mass is 19.1. The average molecular weight is 275 g/mol. The van der Waals surface area contributed by atoms with Crippen LogP contribution >= 0.6 is 0 Å². The van der Waals surface area contributed by atoms with Crippen LogP contribution in [0.3, 0.4) is 0 Å². The molecule has 5 heteroatoms. The zero-order valence-corrected chi connectivity index (χ0v) is 11.3. The first kappa shape index (κ1) is 14.5. The van der Waals surface area contributed by atoms with Gasteiger partial charge in [-0.3, -0.25) is 4.79 Å². The number of nitriles is 1. The molecule has 0 aromatic heterocycles. The molecular weight excluding hydrogens is 257 g/mol. The first-order valence-corrected chi connectivity index (χ1v) is 6.87. The van der Waals surface area contributed by atoms with E-state index in [0.29, 0.717) is 31.1 Å². The highest BCUT2D eigenvalue weighted by molar-refractivity contribution is 5.76. The number of carbonyl (C=O) groups excluding carboxylic acids is 1. The Balaban J connectivity index is 1.64. The number of amides is 1. The summed E-state index contributed by atoms with van der Waals surface area (Å²) >= 11 is 0. The molecule has 106 valence electrons. The summed E-state index contributed by atoms with van der Waals surface area (Å²) in [6, 6.07) is 6.62. The maximum absolute atomic E-state index is 13.2. The van der Waals surface area contributed by atoms with Crippen LogP contribution in [-0.2, 0) is 11.3 Å². The Morgan fingerprint density at radius 2 is 2.20 bits per heavy atom. The fraction of sp³-hybridized carbons (Fsp3) is 0.467. The van der Waals surface area contributed by atoms with Crippen molar-refractivity contribution in [2.24, 2.45) is 0 Å². The molecule has 0 heterocycles.